The van der Waals surface area contributed by atoms with Crippen LogP contribution in [0.4, 0.5) is 16.4 Å². The number of ether oxygens (including phenoxy) is 4. The number of nitrogens with one attached hydrogen (secondary N) is 2. The van der Waals surface area contributed by atoms with E-state index in [1.54, 1.807) is 6.20 Å². The summed E-state index contributed by atoms with van der Waals surface area (Å²) in [5, 5.41) is 13.6. The van der Waals surface area contributed by atoms with Gasteiger partial charge >= 0.3 is 6.09 Å². The Morgan fingerprint density at radius 1 is 1.04 bits per heavy atom. The highest BCUT2D eigenvalue weighted by Crippen LogP contribution is 2.42. The molecule has 2 atom stereocenters. The molecule has 2 N–H and O–H groups in total. The average molecular weight is 626 g/mol. The highest BCUT2D eigenvalue weighted by atomic mass is 16.7. The van der Waals surface area contributed by atoms with E-state index in [2.05, 4.69) is 44.4 Å². The smallest absolute Gasteiger partial charge is 0.407 e. The first kappa shape index (κ1) is 30.5. The molecule has 3 heterocycles. The van der Waals surface area contributed by atoms with Crippen LogP contribution in [-0.2, 0) is 26.4 Å². The molecule has 10 heteroatoms. The molecule has 46 heavy (non-hydrogen) atoms. The van der Waals surface area contributed by atoms with Gasteiger partial charge in [0.15, 0.2) is 6.29 Å². The van der Waals surface area contributed by atoms with Crippen LogP contribution in [0.15, 0.2) is 60.8 Å². The van der Waals surface area contributed by atoms with Crippen LogP contribution in [-0.4, -0.2) is 45.7 Å². The molecule has 1 saturated heterocycles. The fraction of sp³-hybridized carbons (Fsp3) is 0.472. The molecule has 0 spiro atoms. The first-order valence-electron chi connectivity index (χ1n) is 16.3. The molecular formula is C36H43N5O5. The fourth-order valence-corrected chi connectivity index (χ4v) is 6.36. The Balaban J connectivity index is 1.15. The Labute approximate surface area is 269 Å². The summed E-state index contributed by atoms with van der Waals surface area (Å²) in [6, 6.07) is 18.2. The topological polar surface area (TPSA) is 109 Å². The molecule has 2 aromatic carbocycles. The molecule has 4 aromatic rings. The van der Waals surface area contributed by atoms with E-state index in [0.29, 0.717) is 25.6 Å². The molecule has 242 valence electrons. The maximum atomic E-state index is 12.4. The molecular weight excluding hydrogens is 582 g/mol. The van der Waals surface area contributed by atoms with Crippen molar-refractivity contribution >= 4 is 28.5 Å². The molecule has 1 amide bonds. The van der Waals surface area contributed by atoms with Gasteiger partial charge in [0.1, 0.15) is 30.1 Å². The number of benzene rings is 2. The van der Waals surface area contributed by atoms with Crippen molar-refractivity contribution in [3.8, 4) is 5.75 Å². The third kappa shape index (κ3) is 6.55. The van der Waals surface area contributed by atoms with Gasteiger partial charge in [-0.3, -0.25) is 0 Å². The third-order valence-electron chi connectivity index (χ3n) is 9.13. The van der Waals surface area contributed by atoms with E-state index in [-0.39, 0.29) is 29.2 Å². The lowest BCUT2D eigenvalue weighted by Crippen LogP contribution is -2.36. The summed E-state index contributed by atoms with van der Waals surface area (Å²) in [4.78, 5) is 17.2. The van der Waals surface area contributed by atoms with Gasteiger partial charge in [-0.1, -0.05) is 30.3 Å². The molecule has 3 fully saturated rings. The summed E-state index contributed by atoms with van der Waals surface area (Å²) in [5.74, 6) is 2.48. The first-order valence-corrected chi connectivity index (χ1v) is 16.3. The van der Waals surface area contributed by atoms with Crippen LogP contribution >= 0.6 is 0 Å². The van der Waals surface area contributed by atoms with Crippen LogP contribution < -0.4 is 15.4 Å². The van der Waals surface area contributed by atoms with E-state index >= 15 is 0 Å². The Hall–Kier alpha value is -4.15. The largest absolute Gasteiger partial charge is 0.488 e. The zero-order valence-electron chi connectivity index (χ0n) is 27.0. The Kier molecular flexibility index (Phi) is 8.10. The first-order chi connectivity index (χ1) is 22.1. The SMILES string of the molecule is CC1(NC(=O)O[C@@H]2CC[C@H](c3cc(Nc4nccc5c(C6OCCO6)c(OCc6ccccc6)ccc45)n(C(C)(C)C)n3)C2)CC1. The predicted molar refractivity (Wildman–Crippen MR) is 175 cm³/mol. The number of anilines is 2. The third-order valence-corrected chi connectivity index (χ3v) is 9.13. The van der Waals surface area contributed by atoms with Crippen molar-refractivity contribution in [2.45, 2.75) is 95.8 Å². The van der Waals surface area contributed by atoms with Crippen molar-refractivity contribution in [1.82, 2.24) is 20.1 Å². The van der Waals surface area contributed by atoms with Crippen molar-refractivity contribution in [3.63, 3.8) is 0 Å². The second kappa shape index (κ2) is 12.2. The van der Waals surface area contributed by atoms with Gasteiger partial charge in [-0.15, -0.1) is 0 Å². The summed E-state index contributed by atoms with van der Waals surface area (Å²) in [6.45, 7) is 9.96. The molecule has 2 aromatic heterocycles. The van der Waals surface area contributed by atoms with E-state index < -0.39 is 6.29 Å². The van der Waals surface area contributed by atoms with Crippen LogP contribution in [0.3, 0.4) is 0 Å². The zero-order chi connectivity index (χ0) is 31.9. The van der Waals surface area contributed by atoms with E-state index in [9.17, 15) is 4.79 Å². The maximum Gasteiger partial charge on any atom is 0.407 e. The number of amides is 1. The van der Waals surface area contributed by atoms with Crippen molar-refractivity contribution in [2.75, 3.05) is 18.5 Å². The van der Waals surface area contributed by atoms with Gasteiger partial charge in [-0.05, 0) is 88.9 Å². The number of rotatable bonds is 9. The molecule has 7 rings (SSSR count). The normalized spacial score (nSPS) is 21.0. The highest BCUT2D eigenvalue weighted by Gasteiger charge is 2.40. The number of pyridine rings is 1. The minimum Gasteiger partial charge on any atom is -0.488 e. The number of fused-ring (bicyclic) bond motifs is 1. The molecule has 3 aliphatic rings. The Morgan fingerprint density at radius 2 is 1.83 bits per heavy atom. The monoisotopic (exact) mass is 625 g/mol. The summed E-state index contributed by atoms with van der Waals surface area (Å²) >= 11 is 0. The molecule has 2 saturated carbocycles. The van der Waals surface area contributed by atoms with E-state index in [4.69, 9.17) is 29.0 Å². The number of hydrogen-bond acceptors (Lipinski definition) is 8. The van der Waals surface area contributed by atoms with E-state index in [1.165, 1.54) is 0 Å². The molecule has 2 aliphatic carbocycles. The zero-order valence-corrected chi connectivity index (χ0v) is 27.0. The van der Waals surface area contributed by atoms with E-state index in [1.807, 2.05) is 53.2 Å². The highest BCUT2D eigenvalue weighted by molar-refractivity contribution is 5.96. The number of alkyl carbamates (subject to hydrolysis) is 1. The summed E-state index contributed by atoms with van der Waals surface area (Å²) in [5.41, 5.74) is 2.56. The number of nitrogens with zero attached hydrogens (tertiary/aromatic N) is 3. The quantitative estimate of drug-likeness (QED) is 0.197. The van der Waals surface area contributed by atoms with Gasteiger partial charge in [-0.25, -0.2) is 14.5 Å². The lowest BCUT2D eigenvalue weighted by atomic mass is 10.0. The minimum absolute atomic E-state index is 0.0918. The molecule has 0 bridgehead atoms. The number of hydrogen-bond donors (Lipinski definition) is 2. The minimum atomic E-state index is -0.525. The standard InChI is InChI=1S/C36H43N5O5/c1-35(2,3)41-30(21-28(40-41)24-10-11-25(20-24)46-34(42)39-36(4)15-16-36)38-32-27-12-13-29(45-22-23-8-6-5-7-9-23)31(26(27)14-17-37-32)33-43-18-19-44-33/h5-9,12-14,17,21,24-25,33H,10-11,15-16,18-20,22H2,1-4H3,(H,37,38)(H,39,42)/t24-,25+/m0/s1. The molecule has 1 aliphatic heterocycles. The van der Waals surface area contributed by atoms with Crippen molar-refractivity contribution < 1.29 is 23.7 Å². The summed E-state index contributed by atoms with van der Waals surface area (Å²) < 4.78 is 26.1. The van der Waals surface area contributed by atoms with Crippen molar-refractivity contribution in [2.24, 2.45) is 0 Å². The van der Waals surface area contributed by atoms with Crippen molar-refractivity contribution in [1.29, 1.82) is 0 Å². The van der Waals surface area contributed by atoms with Gasteiger partial charge in [0, 0.05) is 29.1 Å². The Bertz CT molecular complexity index is 1710. The van der Waals surface area contributed by atoms with Crippen LogP contribution in [0.2, 0.25) is 0 Å². The van der Waals surface area contributed by atoms with Gasteiger partial charge < -0.3 is 29.6 Å². The Morgan fingerprint density at radius 3 is 2.57 bits per heavy atom. The van der Waals surface area contributed by atoms with Gasteiger partial charge in [-0.2, -0.15) is 5.10 Å². The molecule has 0 radical (unpaired) electrons. The van der Waals surface area contributed by atoms with Crippen LogP contribution in [0, 0.1) is 0 Å². The average Bonchev–Trinajstić information content (AvgIpc) is 3.48. The van der Waals surface area contributed by atoms with Gasteiger partial charge in [0.05, 0.1) is 30.0 Å². The molecule has 0 unspecified atom stereocenters. The maximum absolute atomic E-state index is 12.4. The lowest BCUT2D eigenvalue weighted by Gasteiger charge is -2.23. The number of carbonyl (C=O) groups is 1. The second-order valence-corrected chi connectivity index (χ2v) is 14.0. The van der Waals surface area contributed by atoms with Gasteiger partial charge in [0.25, 0.3) is 0 Å². The van der Waals surface area contributed by atoms with Crippen molar-refractivity contribution in [3.05, 3.63) is 77.6 Å². The van der Waals surface area contributed by atoms with Crippen LogP contribution in [0.5, 0.6) is 5.75 Å². The van der Waals surface area contributed by atoms with Gasteiger partial charge in [0.2, 0.25) is 0 Å². The molecule has 10 nitrogen and oxygen atoms in total. The second-order valence-electron chi connectivity index (χ2n) is 14.0. The summed E-state index contributed by atoms with van der Waals surface area (Å²) in [7, 11) is 0. The number of aromatic nitrogens is 3. The van der Waals surface area contributed by atoms with Crippen LogP contribution in [0.25, 0.3) is 10.8 Å². The summed E-state index contributed by atoms with van der Waals surface area (Å²) in [6.07, 6.45) is 5.37. The van der Waals surface area contributed by atoms with Crippen LogP contribution in [0.1, 0.15) is 88.8 Å². The lowest BCUT2D eigenvalue weighted by molar-refractivity contribution is -0.0447. The number of carbonyl (C=O) groups excluding carboxylic acids is 1. The predicted octanol–water partition coefficient (Wildman–Crippen LogP) is 7.47. The fourth-order valence-electron chi connectivity index (χ4n) is 6.36. The van der Waals surface area contributed by atoms with E-state index in [0.717, 1.165) is 71.3 Å².